The first kappa shape index (κ1) is 20.9. The van der Waals surface area contributed by atoms with Gasteiger partial charge in [-0.25, -0.2) is 19.9 Å². The van der Waals surface area contributed by atoms with Crippen molar-refractivity contribution in [3.05, 3.63) is 47.9 Å². The molecule has 10 heteroatoms. The van der Waals surface area contributed by atoms with E-state index in [0.717, 1.165) is 29.4 Å². The van der Waals surface area contributed by atoms with Crippen LogP contribution in [0.5, 0.6) is 5.75 Å². The molecular weight excluding hydrogens is 422 g/mol. The number of likely N-dealkylation sites (N-methyl/N-ethyl adjacent to an activating group) is 1. The van der Waals surface area contributed by atoms with Crippen LogP contribution in [-0.4, -0.2) is 56.7 Å². The lowest BCUT2D eigenvalue weighted by Gasteiger charge is -2.34. The molecule has 0 aliphatic carbocycles. The van der Waals surface area contributed by atoms with Crippen molar-refractivity contribution in [3.8, 4) is 17.1 Å². The summed E-state index contributed by atoms with van der Waals surface area (Å²) in [4.78, 5) is 32.8. The molecule has 0 spiro atoms. The molecule has 4 aromatic rings. The molecule has 0 bridgehead atoms. The number of amides is 1. The number of oxazole rings is 1. The van der Waals surface area contributed by atoms with E-state index >= 15 is 0 Å². The van der Waals surface area contributed by atoms with Gasteiger partial charge >= 0.3 is 0 Å². The van der Waals surface area contributed by atoms with E-state index in [0.29, 0.717) is 41.6 Å². The van der Waals surface area contributed by atoms with E-state index in [1.165, 1.54) is 0 Å². The smallest absolute Gasteiger partial charge is 0.252 e. The zero-order chi connectivity index (χ0) is 23.1. The van der Waals surface area contributed by atoms with Crippen LogP contribution in [0.2, 0.25) is 0 Å². The molecule has 1 N–H and O–H groups in total. The second-order valence-corrected chi connectivity index (χ2v) is 8.02. The number of aryl methyl sites for hydroxylation is 1. The first-order valence-electron chi connectivity index (χ1n) is 10.9. The second-order valence-electron chi connectivity index (χ2n) is 8.02. The Labute approximate surface area is 190 Å². The number of pyridine rings is 2. The third-order valence-electron chi connectivity index (χ3n) is 5.78. The number of anilines is 1. The van der Waals surface area contributed by atoms with Gasteiger partial charge < -0.3 is 23.9 Å². The number of rotatable bonds is 5. The number of fused-ring (bicyclic) bond motifs is 2. The maximum absolute atomic E-state index is 12.1. The minimum absolute atomic E-state index is 0.217. The summed E-state index contributed by atoms with van der Waals surface area (Å²) in [7, 11) is 1.59. The van der Waals surface area contributed by atoms with Crippen LogP contribution in [0.15, 0.2) is 35.2 Å². The minimum Gasteiger partial charge on any atom is -0.488 e. The molecule has 0 aromatic carbocycles. The number of imidazole rings is 1. The van der Waals surface area contributed by atoms with Gasteiger partial charge in [0.05, 0.1) is 23.8 Å². The molecule has 0 saturated heterocycles. The van der Waals surface area contributed by atoms with Crippen LogP contribution in [0.1, 0.15) is 35.8 Å². The van der Waals surface area contributed by atoms with Crippen molar-refractivity contribution in [2.75, 3.05) is 25.1 Å². The summed E-state index contributed by atoms with van der Waals surface area (Å²) in [6, 6.07) is 3.95. The van der Waals surface area contributed by atoms with Crippen molar-refractivity contribution >= 4 is 22.9 Å². The Morgan fingerprint density at radius 2 is 2.09 bits per heavy atom. The number of carbonyl (C=O) groups is 1. The molecule has 0 saturated carbocycles. The Bertz CT molecular complexity index is 1340. The van der Waals surface area contributed by atoms with Gasteiger partial charge in [0.2, 0.25) is 0 Å². The topological polar surface area (TPSA) is 111 Å². The Balaban J connectivity index is 1.64. The fraction of sp³-hybridized carbons (Fsp3) is 0.348. The van der Waals surface area contributed by atoms with Gasteiger partial charge in [-0.1, -0.05) is 0 Å². The molecule has 1 amide bonds. The average Bonchev–Trinajstić information content (AvgIpc) is 3.41. The van der Waals surface area contributed by atoms with E-state index < -0.39 is 0 Å². The van der Waals surface area contributed by atoms with Crippen molar-refractivity contribution in [3.63, 3.8) is 0 Å². The normalized spacial score (nSPS) is 15.4. The Kier molecular flexibility index (Phi) is 5.20. The predicted molar refractivity (Wildman–Crippen MR) is 122 cm³/mol. The summed E-state index contributed by atoms with van der Waals surface area (Å²) in [5, 5.41) is 2.62. The van der Waals surface area contributed by atoms with Gasteiger partial charge in [0.15, 0.2) is 23.1 Å². The van der Waals surface area contributed by atoms with Crippen molar-refractivity contribution in [2.45, 2.75) is 33.4 Å². The third kappa shape index (κ3) is 3.67. The zero-order valence-electron chi connectivity index (χ0n) is 19.0. The molecule has 1 atom stereocenters. The number of hydrogen-bond acceptors (Lipinski definition) is 8. The molecule has 33 heavy (non-hydrogen) atoms. The van der Waals surface area contributed by atoms with Crippen LogP contribution >= 0.6 is 0 Å². The molecule has 10 nitrogen and oxygen atoms in total. The Morgan fingerprint density at radius 1 is 1.24 bits per heavy atom. The summed E-state index contributed by atoms with van der Waals surface area (Å²) >= 11 is 0. The molecule has 4 aromatic heterocycles. The predicted octanol–water partition coefficient (Wildman–Crippen LogP) is 2.80. The van der Waals surface area contributed by atoms with Gasteiger partial charge in [-0.3, -0.25) is 4.79 Å². The maximum atomic E-state index is 12.1. The Morgan fingerprint density at radius 3 is 2.82 bits per heavy atom. The van der Waals surface area contributed by atoms with E-state index in [1.807, 2.05) is 10.6 Å². The lowest BCUT2D eigenvalue weighted by Crippen LogP contribution is -2.41. The second kappa shape index (κ2) is 8.19. The van der Waals surface area contributed by atoms with Crippen LogP contribution < -0.4 is 15.0 Å². The van der Waals surface area contributed by atoms with Crippen LogP contribution in [0.4, 0.5) is 5.82 Å². The first-order chi connectivity index (χ1) is 16.0. The molecule has 170 valence electrons. The van der Waals surface area contributed by atoms with Crippen molar-refractivity contribution < 1.29 is 13.9 Å². The van der Waals surface area contributed by atoms with E-state index in [4.69, 9.17) is 19.1 Å². The van der Waals surface area contributed by atoms with Gasteiger partial charge in [0.25, 0.3) is 5.91 Å². The fourth-order valence-electron chi connectivity index (χ4n) is 4.14. The Hall–Kier alpha value is -3.95. The number of aromatic nitrogens is 5. The van der Waals surface area contributed by atoms with Crippen LogP contribution in [0.25, 0.3) is 22.6 Å². The standard InChI is InChI=1S/C23H25N7O3/c1-5-29-13(2)11-33-19-7-15(8-26-22(19)29)20-28-18-6-16(23(31)24-4)9-25-21(18)30(20)10-17-12-32-14(3)27-17/h6-9,12-13H,5,10-11H2,1-4H3,(H,24,31)/t13-/m1/s1. The summed E-state index contributed by atoms with van der Waals surface area (Å²) in [6.07, 6.45) is 4.97. The van der Waals surface area contributed by atoms with E-state index in [-0.39, 0.29) is 11.9 Å². The van der Waals surface area contributed by atoms with Crippen LogP contribution in [-0.2, 0) is 6.54 Å². The maximum Gasteiger partial charge on any atom is 0.252 e. The lowest BCUT2D eigenvalue weighted by atomic mass is 10.2. The zero-order valence-corrected chi connectivity index (χ0v) is 19.0. The van der Waals surface area contributed by atoms with Crippen molar-refractivity contribution in [1.82, 2.24) is 29.8 Å². The quantitative estimate of drug-likeness (QED) is 0.497. The largest absolute Gasteiger partial charge is 0.488 e. The van der Waals surface area contributed by atoms with Crippen molar-refractivity contribution in [1.29, 1.82) is 0 Å². The molecule has 5 rings (SSSR count). The molecule has 1 aliphatic rings. The highest BCUT2D eigenvalue weighted by Gasteiger charge is 2.26. The number of nitrogens with one attached hydrogen (secondary N) is 1. The summed E-state index contributed by atoms with van der Waals surface area (Å²) in [6.45, 7) is 7.88. The minimum atomic E-state index is -0.217. The number of hydrogen-bond donors (Lipinski definition) is 1. The molecule has 0 radical (unpaired) electrons. The van der Waals surface area contributed by atoms with Gasteiger partial charge in [-0.05, 0) is 26.0 Å². The van der Waals surface area contributed by atoms with Gasteiger partial charge in [-0.15, -0.1) is 0 Å². The molecular formula is C23H25N7O3. The van der Waals surface area contributed by atoms with Crippen molar-refractivity contribution in [2.24, 2.45) is 0 Å². The van der Waals surface area contributed by atoms with Crippen LogP contribution in [0, 0.1) is 6.92 Å². The van der Waals surface area contributed by atoms with Gasteiger partial charge in [0, 0.05) is 38.5 Å². The highest BCUT2D eigenvalue weighted by atomic mass is 16.5. The summed E-state index contributed by atoms with van der Waals surface area (Å²) in [5.74, 6) is 2.58. The van der Waals surface area contributed by atoms with Crippen LogP contribution in [0.3, 0.4) is 0 Å². The molecule has 1 aliphatic heterocycles. The SMILES string of the molecule is CCN1c2ncc(-c3nc4cc(C(=O)NC)cnc4n3Cc3coc(C)n3)cc2OC[C@H]1C. The number of carbonyl (C=O) groups excluding carboxylic acids is 1. The summed E-state index contributed by atoms with van der Waals surface area (Å²) in [5.41, 5.74) is 3.23. The van der Waals surface area contributed by atoms with Gasteiger partial charge in [-0.2, -0.15) is 0 Å². The van der Waals surface area contributed by atoms with Gasteiger partial charge in [0.1, 0.15) is 24.2 Å². The highest BCUT2D eigenvalue weighted by Crippen LogP contribution is 2.35. The van der Waals surface area contributed by atoms with E-state index in [9.17, 15) is 4.79 Å². The highest BCUT2D eigenvalue weighted by molar-refractivity contribution is 5.96. The number of nitrogens with zero attached hydrogens (tertiary/aromatic N) is 6. The molecule has 5 heterocycles. The number of ether oxygens (including phenoxy) is 1. The first-order valence-corrected chi connectivity index (χ1v) is 10.9. The molecule has 0 unspecified atom stereocenters. The third-order valence-corrected chi connectivity index (χ3v) is 5.78. The summed E-state index contributed by atoms with van der Waals surface area (Å²) < 4.78 is 13.3. The van der Waals surface area contributed by atoms with E-state index in [1.54, 1.807) is 38.7 Å². The monoisotopic (exact) mass is 447 g/mol. The van der Waals surface area contributed by atoms with E-state index in [2.05, 4.69) is 34.0 Å². The average molecular weight is 447 g/mol. The molecule has 0 fully saturated rings. The lowest BCUT2D eigenvalue weighted by molar-refractivity contribution is 0.0963. The fourth-order valence-corrected chi connectivity index (χ4v) is 4.14.